The summed E-state index contributed by atoms with van der Waals surface area (Å²) >= 11 is 0. The summed E-state index contributed by atoms with van der Waals surface area (Å²) in [4.78, 5) is 13.4. The van der Waals surface area contributed by atoms with Crippen LogP contribution < -0.4 is 4.90 Å². The molecule has 1 saturated heterocycles. The van der Waals surface area contributed by atoms with Crippen LogP contribution in [0.1, 0.15) is 29.6 Å². The van der Waals surface area contributed by atoms with Gasteiger partial charge in [0.1, 0.15) is 0 Å². The number of carbonyl (C=O) groups excluding carboxylic acids is 1. The van der Waals surface area contributed by atoms with Crippen molar-refractivity contribution in [2.75, 3.05) is 18.0 Å². The van der Waals surface area contributed by atoms with Crippen LogP contribution in [0.3, 0.4) is 0 Å². The molecule has 1 fully saturated rings. The fourth-order valence-electron chi connectivity index (χ4n) is 2.57. The topological polar surface area (TPSA) is 33.5 Å². The summed E-state index contributed by atoms with van der Waals surface area (Å²) in [5, 5.41) is 1.07. The largest absolute Gasteiger partial charge is 0.462 e. The summed E-state index contributed by atoms with van der Waals surface area (Å²) in [6.07, 6.45) is 6.27. The number of rotatable bonds is 2. The minimum Gasteiger partial charge on any atom is -0.462 e. The molecule has 1 aliphatic heterocycles. The van der Waals surface area contributed by atoms with Crippen LogP contribution in [0.2, 0.25) is 0 Å². The zero-order chi connectivity index (χ0) is 11.7. The van der Waals surface area contributed by atoms with Crippen LogP contribution >= 0.6 is 0 Å². The summed E-state index contributed by atoms with van der Waals surface area (Å²) in [5.74, 6) is 0. The Hall–Kier alpha value is -1.77. The Morgan fingerprint density at radius 1 is 1.12 bits per heavy atom. The number of aldehydes is 1. The first-order valence-corrected chi connectivity index (χ1v) is 6.10. The first-order chi connectivity index (χ1) is 8.40. The van der Waals surface area contributed by atoms with Gasteiger partial charge in [-0.2, -0.15) is 0 Å². The summed E-state index contributed by atoms with van der Waals surface area (Å²) < 4.78 is 5.54. The van der Waals surface area contributed by atoms with E-state index < -0.39 is 0 Å². The smallest absolute Gasteiger partial charge is 0.157 e. The summed E-state index contributed by atoms with van der Waals surface area (Å²) in [5.41, 5.74) is 2.55. The Balaban J connectivity index is 2.16. The number of fused-ring (bicyclic) bond motifs is 1. The van der Waals surface area contributed by atoms with Crippen molar-refractivity contribution < 1.29 is 9.21 Å². The number of benzene rings is 1. The van der Waals surface area contributed by atoms with Crippen LogP contribution in [0, 0.1) is 0 Å². The minimum absolute atomic E-state index is 0.731. The van der Waals surface area contributed by atoms with E-state index in [1.54, 1.807) is 6.26 Å². The average molecular weight is 229 g/mol. The van der Waals surface area contributed by atoms with E-state index in [9.17, 15) is 4.79 Å². The Kier molecular flexibility index (Phi) is 2.59. The monoisotopic (exact) mass is 229 g/mol. The number of piperidine rings is 1. The van der Waals surface area contributed by atoms with Crippen LogP contribution in [-0.2, 0) is 0 Å². The van der Waals surface area contributed by atoms with Crippen molar-refractivity contribution in [2.24, 2.45) is 0 Å². The highest BCUT2D eigenvalue weighted by atomic mass is 16.3. The van der Waals surface area contributed by atoms with Gasteiger partial charge in [-0.15, -0.1) is 0 Å². The van der Waals surface area contributed by atoms with E-state index >= 15 is 0 Å². The van der Waals surface area contributed by atoms with Gasteiger partial charge >= 0.3 is 0 Å². The molecule has 0 amide bonds. The second-order valence-electron chi connectivity index (χ2n) is 4.51. The lowest BCUT2D eigenvalue weighted by molar-refractivity contribution is 0.112. The third-order valence-electron chi connectivity index (χ3n) is 3.43. The van der Waals surface area contributed by atoms with Gasteiger partial charge < -0.3 is 9.32 Å². The van der Waals surface area contributed by atoms with Crippen molar-refractivity contribution in [2.45, 2.75) is 19.3 Å². The maximum Gasteiger partial charge on any atom is 0.157 e. The van der Waals surface area contributed by atoms with Crippen LogP contribution in [0.5, 0.6) is 0 Å². The molecule has 2 heterocycles. The predicted octanol–water partition coefficient (Wildman–Crippen LogP) is 3.24. The maximum atomic E-state index is 11.2. The summed E-state index contributed by atoms with van der Waals surface area (Å²) in [7, 11) is 0. The molecule has 0 unspecified atom stereocenters. The normalized spacial score (nSPS) is 16.4. The SMILES string of the molecule is O=Cc1ccc2ccoc2c1N1CCCCC1. The molecule has 0 radical (unpaired) electrons. The van der Waals surface area contributed by atoms with Crippen molar-refractivity contribution in [3.05, 3.63) is 30.0 Å². The Bertz CT molecular complexity index is 538. The van der Waals surface area contributed by atoms with E-state index in [0.717, 1.165) is 41.6 Å². The molecule has 3 heteroatoms. The minimum atomic E-state index is 0.731. The van der Waals surface area contributed by atoms with Gasteiger partial charge in [-0.1, -0.05) is 6.07 Å². The second-order valence-corrected chi connectivity index (χ2v) is 4.51. The van der Waals surface area contributed by atoms with Gasteiger partial charge in [0.25, 0.3) is 0 Å². The average Bonchev–Trinajstić information content (AvgIpc) is 2.86. The molecule has 3 rings (SSSR count). The van der Waals surface area contributed by atoms with Crippen molar-refractivity contribution >= 4 is 22.9 Å². The van der Waals surface area contributed by atoms with Crippen LogP contribution in [-0.4, -0.2) is 19.4 Å². The second kappa shape index (κ2) is 4.24. The van der Waals surface area contributed by atoms with E-state index in [4.69, 9.17) is 4.42 Å². The lowest BCUT2D eigenvalue weighted by Gasteiger charge is -2.29. The molecule has 0 saturated carbocycles. The van der Waals surface area contributed by atoms with E-state index in [-0.39, 0.29) is 0 Å². The first kappa shape index (κ1) is 10.4. The molecule has 0 bridgehead atoms. The first-order valence-electron chi connectivity index (χ1n) is 6.10. The van der Waals surface area contributed by atoms with Gasteiger partial charge in [-0.3, -0.25) is 4.79 Å². The Morgan fingerprint density at radius 3 is 2.71 bits per heavy atom. The highest BCUT2D eigenvalue weighted by molar-refractivity contribution is 5.99. The molecule has 1 aromatic carbocycles. The van der Waals surface area contributed by atoms with Gasteiger partial charge in [-0.05, 0) is 31.4 Å². The van der Waals surface area contributed by atoms with Crippen LogP contribution in [0.15, 0.2) is 28.9 Å². The molecule has 0 N–H and O–H groups in total. The van der Waals surface area contributed by atoms with E-state index in [1.807, 2.05) is 18.2 Å². The third kappa shape index (κ3) is 1.71. The Morgan fingerprint density at radius 2 is 1.94 bits per heavy atom. The van der Waals surface area contributed by atoms with E-state index in [0.29, 0.717) is 0 Å². The van der Waals surface area contributed by atoms with Crippen molar-refractivity contribution in [1.82, 2.24) is 0 Å². The molecule has 0 spiro atoms. The van der Waals surface area contributed by atoms with Crippen molar-refractivity contribution in [3.8, 4) is 0 Å². The van der Waals surface area contributed by atoms with E-state index in [2.05, 4.69) is 4.90 Å². The van der Waals surface area contributed by atoms with Crippen molar-refractivity contribution in [3.63, 3.8) is 0 Å². The third-order valence-corrected chi connectivity index (χ3v) is 3.43. The fourth-order valence-corrected chi connectivity index (χ4v) is 2.57. The molecule has 0 atom stereocenters. The number of anilines is 1. The molecule has 2 aromatic rings. The number of carbonyl (C=O) groups is 1. The van der Waals surface area contributed by atoms with Crippen LogP contribution in [0.25, 0.3) is 11.0 Å². The summed E-state index contributed by atoms with van der Waals surface area (Å²) in [6.45, 7) is 2.03. The number of furan rings is 1. The summed E-state index contributed by atoms with van der Waals surface area (Å²) in [6, 6.07) is 5.77. The fraction of sp³-hybridized carbons (Fsp3) is 0.357. The molecular weight excluding hydrogens is 214 g/mol. The van der Waals surface area contributed by atoms with Crippen LogP contribution in [0.4, 0.5) is 5.69 Å². The van der Waals surface area contributed by atoms with Gasteiger partial charge in [0.2, 0.25) is 0 Å². The molecular formula is C14H15NO2. The number of hydrogen-bond acceptors (Lipinski definition) is 3. The van der Waals surface area contributed by atoms with Gasteiger partial charge in [0.05, 0.1) is 12.0 Å². The molecule has 17 heavy (non-hydrogen) atoms. The lowest BCUT2D eigenvalue weighted by atomic mass is 10.1. The quantitative estimate of drug-likeness (QED) is 0.741. The molecule has 1 aliphatic rings. The zero-order valence-electron chi connectivity index (χ0n) is 9.69. The van der Waals surface area contributed by atoms with Gasteiger partial charge in [0, 0.05) is 24.0 Å². The molecule has 3 nitrogen and oxygen atoms in total. The highest BCUT2D eigenvalue weighted by Gasteiger charge is 2.18. The molecule has 88 valence electrons. The lowest BCUT2D eigenvalue weighted by Crippen LogP contribution is -2.30. The van der Waals surface area contributed by atoms with Crippen molar-refractivity contribution in [1.29, 1.82) is 0 Å². The van der Waals surface area contributed by atoms with E-state index in [1.165, 1.54) is 19.3 Å². The predicted molar refractivity (Wildman–Crippen MR) is 67.7 cm³/mol. The molecule has 0 aliphatic carbocycles. The van der Waals surface area contributed by atoms with Gasteiger partial charge in [0.15, 0.2) is 11.9 Å². The highest BCUT2D eigenvalue weighted by Crippen LogP contribution is 2.32. The molecule has 1 aromatic heterocycles. The number of nitrogens with zero attached hydrogens (tertiary/aromatic N) is 1. The van der Waals surface area contributed by atoms with Gasteiger partial charge in [-0.25, -0.2) is 0 Å². The standard InChI is InChI=1S/C14H15NO2/c16-10-12-5-4-11-6-9-17-14(11)13(12)15-7-2-1-3-8-15/h4-6,9-10H,1-3,7-8H2. The Labute approximate surface area is 100 Å². The zero-order valence-corrected chi connectivity index (χ0v) is 9.69. The number of hydrogen-bond donors (Lipinski definition) is 0. The maximum absolute atomic E-state index is 11.2.